The van der Waals surface area contributed by atoms with Crippen LogP contribution in [0.5, 0.6) is 0 Å². The molecular weight excluding hydrogens is 308 g/mol. The van der Waals surface area contributed by atoms with Gasteiger partial charge in [-0.15, -0.1) is 0 Å². The molecule has 1 saturated heterocycles. The molecule has 8 heteroatoms. The average Bonchev–Trinajstić information content (AvgIpc) is 2.35. The molecule has 0 saturated carbocycles. The van der Waals surface area contributed by atoms with Gasteiger partial charge in [-0.05, 0) is 24.6 Å². The van der Waals surface area contributed by atoms with Gasteiger partial charge in [-0.2, -0.15) is 4.31 Å². The first-order valence-electron chi connectivity index (χ1n) is 5.73. The van der Waals surface area contributed by atoms with Crippen molar-refractivity contribution in [3.8, 4) is 0 Å². The lowest BCUT2D eigenvalue weighted by Crippen LogP contribution is -2.41. The number of aryl methyl sites for hydroxylation is 1. The number of sulfonamides is 1. The molecule has 0 amide bonds. The Labute approximate surface area is 120 Å². The molecule has 5 nitrogen and oxygen atoms in total. The Morgan fingerprint density at radius 2 is 1.89 bits per heavy atom. The van der Waals surface area contributed by atoms with Crippen LogP contribution in [-0.4, -0.2) is 41.5 Å². The lowest BCUT2D eigenvalue weighted by molar-refractivity contribution is 0.438. The Hall–Kier alpha value is -0.630. The molecule has 19 heavy (non-hydrogen) atoms. The van der Waals surface area contributed by atoms with E-state index < -0.39 is 20.8 Å². The summed E-state index contributed by atoms with van der Waals surface area (Å²) in [7, 11) is -4.50. The summed E-state index contributed by atoms with van der Waals surface area (Å²) in [6.07, 6.45) is 0. The first-order valence-corrected chi connectivity index (χ1v) is 9.03. The fourth-order valence-corrected chi connectivity index (χ4v) is 4.88. The van der Waals surface area contributed by atoms with E-state index in [1.54, 1.807) is 6.92 Å². The van der Waals surface area contributed by atoms with Crippen molar-refractivity contribution in [1.82, 2.24) is 4.31 Å². The highest BCUT2D eigenvalue weighted by Crippen LogP contribution is 2.28. The summed E-state index contributed by atoms with van der Waals surface area (Å²) in [5, 5.41) is 0.374. The van der Waals surface area contributed by atoms with Gasteiger partial charge in [0.15, 0.2) is 0 Å². The largest absolute Gasteiger partial charge is 0.397 e. The van der Waals surface area contributed by atoms with Crippen LogP contribution in [0.3, 0.4) is 0 Å². The number of rotatable bonds is 2. The van der Waals surface area contributed by atoms with Gasteiger partial charge in [-0.3, -0.25) is 4.21 Å². The van der Waals surface area contributed by atoms with Crippen LogP contribution in [0.2, 0.25) is 5.02 Å². The molecule has 1 aromatic rings. The summed E-state index contributed by atoms with van der Waals surface area (Å²) >= 11 is 5.93. The molecule has 1 aliphatic rings. The second-order valence-electron chi connectivity index (χ2n) is 4.40. The molecule has 0 unspecified atom stereocenters. The monoisotopic (exact) mass is 322 g/mol. The molecule has 0 radical (unpaired) electrons. The van der Waals surface area contributed by atoms with Crippen molar-refractivity contribution in [2.75, 3.05) is 30.3 Å². The van der Waals surface area contributed by atoms with E-state index in [0.717, 1.165) is 0 Å². The molecular formula is C11H15ClN2O3S2. The molecule has 1 aromatic carbocycles. The van der Waals surface area contributed by atoms with Crippen LogP contribution in [0.1, 0.15) is 5.56 Å². The first kappa shape index (κ1) is 14.8. The Morgan fingerprint density at radius 3 is 2.42 bits per heavy atom. The second kappa shape index (κ2) is 5.40. The van der Waals surface area contributed by atoms with Crippen LogP contribution >= 0.6 is 11.6 Å². The first-order chi connectivity index (χ1) is 8.82. The van der Waals surface area contributed by atoms with Crippen molar-refractivity contribution in [2.45, 2.75) is 11.8 Å². The Bertz CT molecular complexity index is 598. The van der Waals surface area contributed by atoms with Gasteiger partial charge < -0.3 is 5.73 Å². The maximum atomic E-state index is 12.4. The lowest BCUT2D eigenvalue weighted by Gasteiger charge is -2.25. The molecule has 0 aromatic heterocycles. The zero-order valence-electron chi connectivity index (χ0n) is 10.4. The average molecular weight is 323 g/mol. The Morgan fingerprint density at radius 1 is 1.32 bits per heavy atom. The van der Waals surface area contributed by atoms with Crippen LogP contribution in [0, 0.1) is 6.92 Å². The van der Waals surface area contributed by atoms with Gasteiger partial charge in [-0.25, -0.2) is 8.42 Å². The SMILES string of the molecule is Cc1cc(S(=O)(=O)N2CCS(=O)CC2)cc(N)c1Cl. The van der Waals surface area contributed by atoms with Crippen LogP contribution in [0.15, 0.2) is 17.0 Å². The highest BCUT2D eigenvalue weighted by atomic mass is 35.5. The summed E-state index contributed by atoms with van der Waals surface area (Å²) < 4.78 is 37.5. The van der Waals surface area contributed by atoms with E-state index in [4.69, 9.17) is 17.3 Å². The van der Waals surface area contributed by atoms with Gasteiger partial charge in [0.05, 0.1) is 15.6 Å². The minimum Gasteiger partial charge on any atom is -0.397 e. The summed E-state index contributed by atoms with van der Waals surface area (Å²) in [5.74, 6) is 0.753. The van der Waals surface area contributed by atoms with Gasteiger partial charge >= 0.3 is 0 Å². The molecule has 1 heterocycles. The third kappa shape index (κ3) is 2.94. The van der Waals surface area contributed by atoms with Gasteiger partial charge in [0.2, 0.25) is 10.0 Å². The van der Waals surface area contributed by atoms with E-state index in [9.17, 15) is 12.6 Å². The van der Waals surface area contributed by atoms with Crippen molar-refractivity contribution >= 4 is 38.1 Å². The Kier molecular flexibility index (Phi) is 4.20. The zero-order chi connectivity index (χ0) is 14.2. The number of anilines is 1. The van der Waals surface area contributed by atoms with E-state index in [-0.39, 0.29) is 23.7 Å². The van der Waals surface area contributed by atoms with Crippen LogP contribution < -0.4 is 5.73 Å². The highest BCUT2D eigenvalue weighted by molar-refractivity contribution is 7.89. The fourth-order valence-electron chi connectivity index (χ4n) is 1.92. The van der Waals surface area contributed by atoms with Crippen molar-refractivity contribution < 1.29 is 12.6 Å². The summed E-state index contributed by atoms with van der Waals surface area (Å²) in [6, 6.07) is 2.88. The van der Waals surface area contributed by atoms with Gasteiger partial charge in [0.25, 0.3) is 0 Å². The summed E-state index contributed by atoms with van der Waals surface area (Å²) in [4.78, 5) is 0.139. The van der Waals surface area contributed by atoms with Crippen molar-refractivity contribution in [3.63, 3.8) is 0 Å². The van der Waals surface area contributed by atoms with E-state index >= 15 is 0 Å². The molecule has 2 rings (SSSR count). The third-order valence-electron chi connectivity index (χ3n) is 3.03. The number of halogens is 1. The minimum atomic E-state index is -3.59. The number of benzene rings is 1. The summed E-state index contributed by atoms with van der Waals surface area (Å²) in [6.45, 7) is 2.26. The minimum absolute atomic E-state index is 0.139. The molecule has 0 spiro atoms. The maximum absolute atomic E-state index is 12.4. The summed E-state index contributed by atoms with van der Waals surface area (Å²) in [5.41, 5.74) is 6.58. The van der Waals surface area contributed by atoms with E-state index in [0.29, 0.717) is 22.1 Å². The molecule has 0 aliphatic carbocycles. The molecule has 1 fully saturated rings. The number of nitrogens with two attached hydrogens (primary N) is 1. The highest BCUT2D eigenvalue weighted by Gasteiger charge is 2.28. The molecule has 0 atom stereocenters. The van der Waals surface area contributed by atoms with Crippen molar-refractivity contribution in [3.05, 3.63) is 22.7 Å². The zero-order valence-corrected chi connectivity index (χ0v) is 12.8. The molecule has 1 aliphatic heterocycles. The number of hydrogen-bond donors (Lipinski definition) is 1. The van der Waals surface area contributed by atoms with Crippen LogP contribution in [0.25, 0.3) is 0 Å². The topological polar surface area (TPSA) is 80.5 Å². The van der Waals surface area contributed by atoms with Gasteiger partial charge in [0, 0.05) is 35.4 Å². The normalized spacial score (nSPS) is 18.6. The molecule has 2 N–H and O–H groups in total. The van der Waals surface area contributed by atoms with E-state index in [2.05, 4.69) is 0 Å². The number of hydrogen-bond acceptors (Lipinski definition) is 4. The predicted molar refractivity (Wildman–Crippen MR) is 77.2 cm³/mol. The quantitative estimate of drug-likeness (QED) is 0.823. The van der Waals surface area contributed by atoms with Gasteiger partial charge in [-0.1, -0.05) is 11.6 Å². The van der Waals surface area contributed by atoms with Crippen molar-refractivity contribution in [1.29, 1.82) is 0 Å². The molecule has 0 bridgehead atoms. The number of nitrogen functional groups attached to an aromatic ring is 1. The second-order valence-corrected chi connectivity index (χ2v) is 8.41. The van der Waals surface area contributed by atoms with Crippen molar-refractivity contribution in [2.24, 2.45) is 0 Å². The smallest absolute Gasteiger partial charge is 0.243 e. The van der Waals surface area contributed by atoms with Crippen LogP contribution in [0.4, 0.5) is 5.69 Å². The number of nitrogens with zero attached hydrogens (tertiary/aromatic N) is 1. The maximum Gasteiger partial charge on any atom is 0.243 e. The molecule has 106 valence electrons. The standard InChI is InChI=1S/C11H15ClN2O3S2/c1-8-6-9(7-10(13)11(8)12)19(16,17)14-2-4-18(15)5-3-14/h6-7H,2-5,13H2,1H3. The third-order valence-corrected chi connectivity index (χ3v) is 6.70. The lowest BCUT2D eigenvalue weighted by atomic mass is 10.2. The van der Waals surface area contributed by atoms with E-state index in [1.165, 1.54) is 16.4 Å². The fraction of sp³-hybridized carbons (Fsp3) is 0.455. The van der Waals surface area contributed by atoms with E-state index in [1.807, 2.05) is 0 Å². The van der Waals surface area contributed by atoms with Gasteiger partial charge in [0.1, 0.15) is 0 Å². The van der Waals surface area contributed by atoms with Crippen LogP contribution in [-0.2, 0) is 20.8 Å². The predicted octanol–water partition coefficient (Wildman–Crippen LogP) is 0.984. The Balaban J connectivity index is 2.37.